The molecule has 1 N–H and O–H groups in total. The summed E-state index contributed by atoms with van der Waals surface area (Å²) in [5.74, 6) is 0.0143. The van der Waals surface area contributed by atoms with Crippen molar-refractivity contribution in [1.29, 1.82) is 0 Å². The molecule has 1 heterocycles. The number of rotatable bonds is 4. The summed E-state index contributed by atoms with van der Waals surface area (Å²) in [4.78, 5) is 21.4. The second-order valence-corrected chi connectivity index (χ2v) is 4.74. The molecule has 116 valence electrons. The molecule has 0 aliphatic carbocycles. The molecular weight excluding hydrogens is 323 g/mol. The van der Waals surface area contributed by atoms with Gasteiger partial charge in [0.05, 0.1) is 17.1 Å². The summed E-state index contributed by atoms with van der Waals surface area (Å²) in [6, 6.07) is 3.60. The number of nitro groups is 1. The van der Waals surface area contributed by atoms with Crippen molar-refractivity contribution in [2.24, 2.45) is 0 Å². The maximum Gasteiger partial charge on any atom is 0.323 e. The molecule has 1 saturated heterocycles. The van der Waals surface area contributed by atoms with E-state index in [1.807, 2.05) is 0 Å². The van der Waals surface area contributed by atoms with Gasteiger partial charge in [0.1, 0.15) is 17.9 Å². The van der Waals surface area contributed by atoms with E-state index in [1.165, 1.54) is 25.3 Å². The van der Waals surface area contributed by atoms with Crippen molar-refractivity contribution in [2.45, 2.75) is 18.6 Å². The van der Waals surface area contributed by atoms with Crippen LogP contribution in [0.4, 0.5) is 5.69 Å². The molecule has 2 unspecified atom stereocenters. The Bertz CT molecular complexity index is 540. The minimum Gasteiger partial charge on any atom is -0.487 e. The van der Waals surface area contributed by atoms with E-state index in [2.05, 4.69) is 10.1 Å². The summed E-state index contributed by atoms with van der Waals surface area (Å²) in [7, 11) is 1.32. The lowest BCUT2D eigenvalue weighted by atomic mass is 10.2. The summed E-state index contributed by atoms with van der Waals surface area (Å²) >= 11 is 5.94. The Hall–Kier alpha value is -1.57. The van der Waals surface area contributed by atoms with Crippen molar-refractivity contribution in [1.82, 2.24) is 5.32 Å². The van der Waals surface area contributed by atoms with Crippen molar-refractivity contribution in [3.8, 4) is 5.75 Å². The average Bonchev–Trinajstić information content (AvgIpc) is 2.88. The highest BCUT2D eigenvalue weighted by atomic mass is 35.5. The first-order chi connectivity index (χ1) is 9.51. The number of halogens is 2. The quantitative estimate of drug-likeness (QED) is 0.513. The molecule has 0 radical (unpaired) electrons. The van der Waals surface area contributed by atoms with Crippen LogP contribution < -0.4 is 10.1 Å². The van der Waals surface area contributed by atoms with E-state index < -0.39 is 11.0 Å². The summed E-state index contributed by atoms with van der Waals surface area (Å²) in [5.41, 5.74) is -0.0978. The van der Waals surface area contributed by atoms with Gasteiger partial charge in [0.15, 0.2) is 0 Å². The Labute approximate surface area is 132 Å². The topological polar surface area (TPSA) is 90.7 Å². The van der Waals surface area contributed by atoms with Gasteiger partial charge in [-0.15, -0.1) is 12.4 Å². The first kappa shape index (κ1) is 17.5. The molecule has 9 heteroatoms. The standard InChI is InChI=1S/C12H13ClN2O5.ClH/c1-19-12(16)10-5-8(6-14-10)20-11-3-2-7(15(17)18)4-9(11)13;/h2-4,8,10,14H,5-6H2,1H3;1H. The number of hydrogen-bond donors (Lipinski definition) is 1. The SMILES string of the molecule is COC(=O)C1CC(Oc2ccc([N+](=O)[O-])cc2Cl)CN1.Cl. The van der Waals surface area contributed by atoms with Gasteiger partial charge in [0.25, 0.3) is 5.69 Å². The third-order valence-electron chi connectivity index (χ3n) is 3.00. The van der Waals surface area contributed by atoms with E-state index in [0.717, 1.165) is 0 Å². The number of nitrogens with one attached hydrogen (secondary N) is 1. The number of benzene rings is 1. The Morgan fingerprint density at radius 2 is 2.24 bits per heavy atom. The van der Waals surface area contributed by atoms with Crippen LogP contribution >= 0.6 is 24.0 Å². The Morgan fingerprint density at radius 3 is 2.81 bits per heavy atom. The number of carbonyl (C=O) groups is 1. The molecule has 1 aliphatic rings. The van der Waals surface area contributed by atoms with Crippen LogP contribution in [-0.4, -0.2) is 36.7 Å². The number of non-ortho nitro benzene ring substituents is 1. The highest BCUT2D eigenvalue weighted by Gasteiger charge is 2.31. The molecule has 0 saturated carbocycles. The zero-order valence-electron chi connectivity index (χ0n) is 11.1. The predicted molar refractivity (Wildman–Crippen MR) is 78.2 cm³/mol. The molecule has 2 atom stereocenters. The minimum absolute atomic E-state index is 0. The van der Waals surface area contributed by atoms with E-state index in [1.54, 1.807) is 0 Å². The number of nitrogens with zero attached hydrogens (tertiary/aromatic N) is 1. The highest BCUT2D eigenvalue weighted by molar-refractivity contribution is 6.32. The molecule has 1 aromatic carbocycles. The lowest BCUT2D eigenvalue weighted by Gasteiger charge is -2.13. The number of ether oxygens (including phenoxy) is 2. The van der Waals surface area contributed by atoms with Crippen molar-refractivity contribution < 1.29 is 19.2 Å². The Balaban J connectivity index is 0.00000220. The van der Waals surface area contributed by atoms with Gasteiger partial charge in [-0.2, -0.15) is 0 Å². The van der Waals surface area contributed by atoms with Gasteiger partial charge < -0.3 is 14.8 Å². The number of hydrogen-bond acceptors (Lipinski definition) is 6. The van der Waals surface area contributed by atoms with Gasteiger partial charge in [0, 0.05) is 25.1 Å². The van der Waals surface area contributed by atoms with Crippen LogP contribution in [0.25, 0.3) is 0 Å². The summed E-state index contributed by atoms with van der Waals surface area (Å²) in [6.45, 7) is 0.479. The zero-order chi connectivity index (χ0) is 14.7. The first-order valence-electron chi connectivity index (χ1n) is 5.93. The van der Waals surface area contributed by atoms with Gasteiger partial charge >= 0.3 is 5.97 Å². The van der Waals surface area contributed by atoms with Crippen LogP contribution in [0, 0.1) is 10.1 Å². The molecule has 0 amide bonds. The molecular formula is C12H14Cl2N2O5. The summed E-state index contributed by atoms with van der Waals surface area (Å²) < 4.78 is 10.3. The van der Waals surface area contributed by atoms with Crippen molar-refractivity contribution in [3.63, 3.8) is 0 Å². The minimum atomic E-state index is -0.528. The second-order valence-electron chi connectivity index (χ2n) is 4.33. The summed E-state index contributed by atoms with van der Waals surface area (Å²) in [5, 5.41) is 13.7. The molecule has 2 rings (SSSR count). The van der Waals surface area contributed by atoms with E-state index in [4.69, 9.17) is 16.3 Å². The Morgan fingerprint density at radius 1 is 1.52 bits per heavy atom. The second kappa shape index (κ2) is 7.44. The lowest BCUT2D eigenvalue weighted by molar-refractivity contribution is -0.384. The molecule has 21 heavy (non-hydrogen) atoms. The average molecular weight is 337 g/mol. The Kier molecular flexibility index (Phi) is 6.19. The number of carbonyl (C=O) groups excluding carboxylic acids is 1. The fourth-order valence-electron chi connectivity index (χ4n) is 1.99. The van der Waals surface area contributed by atoms with Gasteiger partial charge in [-0.1, -0.05) is 11.6 Å². The van der Waals surface area contributed by atoms with Crippen molar-refractivity contribution in [3.05, 3.63) is 33.3 Å². The first-order valence-corrected chi connectivity index (χ1v) is 6.31. The van der Waals surface area contributed by atoms with Crippen LogP contribution in [0.15, 0.2) is 18.2 Å². The van der Waals surface area contributed by atoms with E-state index in [9.17, 15) is 14.9 Å². The third-order valence-corrected chi connectivity index (χ3v) is 3.29. The smallest absolute Gasteiger partial charge is 0.323 e. The fraction of sp³-hybridized carbons (Fsp3) is 0.417. The molecule has 1 aliphatic heterocycles. The van der Waals surface area contributed by atoms with Crippen LogP contribution in [-0.2, 0) is 9.53 Å². The molecule has 7 nitrogen and oxygen atoms in total. The van der Waals surface area contributed by atoms with Crippen LogP contribution in [0.2, 0.25) is 5.02 Å². The van der Waals surface area contributed by atoms with Gasteiger partial charge in [-0.25, -0.2) is 0 Å². The lowest BCUT2D eigenvalue weighted by Crippen LogP contribution is -2.31. The van der Waals surface area contributed by atoms with Gasteiger partial charge in [-0.05, 0) is 6.07 Å². The molecule has 0 bridgehead atoms. The fourth-order valence-corrected chi connectivity index (χ4v) is 2.21. The van der Waals surface area contributed by atoms with Crippen molar-refractivity contribution in [2.75, 3.05) is 13.7 Å². The van der Waals surface area contributed by atoms with Gasteiger partial charge in [0.2, 0.25) is 0 Å². The molecule has 1 aromatic rings. The van der Waals surface area contributed by atoms with E-state index in [-0.39, 0.29) is 35.2 Å². The van der Waals surface area contributed by atoms with Crippen molar-refractivity contribution >= 4 is 35.7 Å². The summed E-state index contributed by atoms with van der Waals surface area (Å²) in [6.07, 6.45) is 0.220. The monoisotopic (exact) mass is 336 g/mol. The zero-order valence-corrected chi connectivity index (χ0v) is 12.6. The van der Waals surface area contributed by atoms with Crippen LogP contribution in [0.3, 0.4) is 0 Å². The van der Waals surface area contributed by atoms with E-state index >= 15 is 0 Å². The highest BCUT2D eigenvalue weighted by Crippen LogP contribution is 2.30. The van der Waals surface area contributed by atoms with E-state index in [0.29, 0.717) is 18.7 Å². The largest absolute Gasteiger partial charge is 0.487 e. The molecule has 0 aromatic heterocycles. The van der Waals surface area contributed by atoms with Crippen LogP contribution in [0.1, 0.15) is 6.42 Å². The third kappa shape index (κ3) is 4.20. The number of nitro benzene ring substituents is 1. The van der Waals surface area contributed by atoms with Crippen LogP contribution in [0.5, 0.6) is 5.75 Å². The predicted octanol–water partition coefficient (Wildman–Crippen LogP) is 1.95. The maximum absolute atomic E-state index is 11.4. The maximum atomic E-state index is 11.4. The van der Waals surface area contributed by atoms with Gasteiger partial charge in [-0.3, -0.25) is 14.9 Å². The number of methoxy groups -OCH3 is 1. The molecule has 0 spiro atoms. The normalized spacial score (nSPS) is 20.5. The number of esters is 1. The molecule has 1 fully saturated rings.